The van der Waals surface area contributed by atoms with Gasteiger partial charge in [0.05, 0.1) is 40.7 Å². The molecule has 3 aromatic rings. The molecule has 30 heavy (non-hydrogen) atoms. The summed E-state index contributed by atoms with van der Waals surface area (Å²) >= 11 is 3.50. The summed E-state index contributed by atoms with van der Waals surface area (Å²) in [5.74, 6) is -0.904. The van der Waals surface area contributed by atoms with Gasteiger partial charge in [-0.15, -0.1) is 0 Å². The summed E-state index contributed by atoms with van der Waals surface area (Å²) in [5.41, 5.74) is 3.37. The predicted molar refractivity (Wildman–Crippen MR) is 115 cm³/mol. The van der Waals surface area contributed by atoms with E-state index in [1.54, 1.807) is 22.6 Å². The van der Waals surface area contributed by atoms with E-state index in [9.17, 15) is 9.59 Å². The molecule has 3 heterocycles. The first-order chi connectivity index (χ1) is 14.2. The lowest BCUT2D eigenvalue weighted by Gasteiger charge is -2.14. The monoisotopic (exact) mass is 476 g/mol. The van der Waals surface area contributed by atoms with Crippen LogP contribution in [0.25, 0.3) is 0 Å². The third kappa shape index (κ3) is 4.61. The van der Waals surface area contributed by atoms with Crippen LogP contribution < -0.4 is 10.6 Å². The molecule has 10 nitrogen and oxygen atoms in total. The molecule has 2 amide bonds. The van der Waals surface area contributed by atoms with Crippen molar-refractivity contribution in [2.75, 3.05) is 5.32 Å². The Balaban J connectivity index is 1.66. The molecule has 3 rings (SSSR count). The highest BCUT2D eigenvalue weighted by molar-refractivity contribution is 9.10. The Bertz CT molecular complexity index is 1080. The van der Waals surface area contributed by atoms with Crippen LogP contribution in [0.2, 0.25) is 0 Å². The highest BCUT2D eigenvalue weighted by Crippen LogP contribution is 2.21. The van der Waals surface area contributed by atoms with Gasteiger partial charge in [-0.2, -0.15) is 15.3 Å². The molecular weight excluding hydrogens is 452 g/mol. The normalized spacial score (nSPS) is 12.1. The van der Waals surface area contributed by atoms with Crippen LogP contribution >= 0.6 is 15.9 Å². The average molecular weight is 477 g/mol. The van der Waals surface area contributed by atoms with Gasteiger partial charge in [0, 0.05) is 38.1 Å². The van der Waals surface area contributed by atoms with Gasteiger partial charge in [0.25, 0.3) is 5.91 Å². The maximum absolute atomic E-state index is 12.7. The SMILES string of the molecule is Cc1nn(CC(C)C(=O)Nc2cnn(C)c2C(=O)NCc2cnn(C)c2)c(C)c1Br. The second-order valence-corrected chi connectivity index (χ2v) is 8.09. The van der Waals surface area contributed by atoms with Crippen LogP contribution in [0, 0.1) is 19.8 Å². The van der Waals surface area contributed by atoms with E-state index in [-0.39, 0.29) is 23.4 Å². The van der Waals surface area contributed by atoms with Crippen LogP contribution in [0.15, 0.2) is 23.1 Å². The highest BCUT2D eigenvalue weighted by atomic mass is 79.9. The quantitative estimate of drug-likeness (QED) is 0.540. The van der Waals surface area contributed by atoms with Crippen molar-refractivity contribution in [2.24, 2.45) is 20.0 Å². The fourth-order valence-corrected chi connectivity index (χ4v) is 3.36. The van der Waals surface area contributed by atoms with Gasteiger partial charge in [-0.3, -0.25) is 23.6 Å². The first-order valence-corrected chi connectivity index (χ1v) is 10.2. The summed E-state index contributed by atoms with van der Waals surface area (Å²) in [6.07, 6.45) is 4.99. The number of nitrogens with one attached hydrogen (secondary N) is 2. The maximum atomic E-state index is 12.7. The summed E-state index contributed by atoms with van der Waals surface area (Å²) in [6.45, 7) is 6.42. The number of carbonyl (C=O) groups excluding carboxylic acids is 2. The number of carbonyl (C=O) groups is 2. The van der Waals surface area contributed by atoms with Gasteiger partial charge < -0.3 is 10.6 Å². The van der Waals surface area contributed by atoms with E-state index in [0.717, 1.165) is 21.4 Å². The molecule has 0 aliphatic rings. The Kier molecular flexibility index (Phi) is 6.40. The number of amides is 2. The Morgan fingerprint density at radius 1 is 1.20 bits per heavy atom. The Morgan fingerprint density at radius 3 is 2.53 bits per heavy atom. The lowest BCUT2D eigenvalue weighted by Crippen LogP contribution is -2.29. The molecule has 0 spiro atoms. The second-order valence-electron chi connectivity index (χ2n) is 7.29. The lowest BCUT2D eigenvalue weighted by atomic mass is 10.1. The second kappa shape index (κ2) is 8.82. The van der Waals surface area contributed by atoms with Crippen LogP contribution in [0.1, 0.15) is 34.4 Å². The molecule has 2 N–H and O–H groups in total. The molecule has 0 saturated carbocycles. The first-order valence-electron chi connectivity index (χ1n) is 9.45. The number of nitrogens with zero attached hydrogens (tertiary/aromatic N) is 6. The van der Waals surface area contributed by atoms with Gasteiger partial charge in [0.15, 0.2) is 0 Å². The Hall–Kier alpha value is -2.95. The fourth-order valence-electron chi connectivity index (χ4n) is 3.08. The van der Waals surface area contributed by atoms with Crippen molar-refractivity contribution in [3.8, 4) is 0 Å². The lowest BCUT2D eigenvalue weighted by molar-refractivity contribution is -0.119. The smallest absolute Gasteiger partial charge is 0.271 e. The highest BCUT2D eigenvalue weighted by Gasteiger charge is 2.22. The number of halogens is 1. The molecule has 0 saturated heterocycles. The summed E-state index contributed by atoms with van der Waals surface area (Å²) in [4.78, 5) is 25.4. The van der Waals surface area contributed by atoms with E-state index in [0.29, 0.717) is 18.8 Å². The van der Waals surface area contributed by atoms with Crippen molar-refractivity contribution >= 4 is 33.4 Å². The standard InChI is InChI=1S/C19H25BrN8O2/c1-11(9-28-13(3)16(20)12(2)25-28)18(29)24-15-8-23-27(5)17(15)19(30)21-6-14-7-22-26(4)10-14/h7-8,10-11H,6,9H2,1-5H3,(H,21,30)(H,24,29). The van der Waals surface area contributed by atoms with Crippen molar-refractivity contribution in [1.82, 2.24) is 34.7 Å². The van der Waals surface area contributed by atoms with Crippen LogP contribution in [0.5, 0.6) is 0 Å². The maximum Gasteiger partial charge on any atom is 0.271 e. The largest absolute Gasteiger partial charge is 0.346 e. The van der Waals surface area contributed by atoms with Crippen LogP contribution in [0.3, 0.4) is 0 Å². The zero-order valence-corrected chi connectivity index (χ0v) is 19.2. The van der Waals surface area contributed by atoms with Gasteiger partial charge in [-0.05, 0) is 29.8 Å². The molecule has 1 atom stereocenters. The molecule has 0 bridgehead atoms. The van der Waals surface area contributed by atoms with Crippen molar-refractivity contribution < 1.29 is 9.59 Å². The van der Waals surface area contributed by atoms with Crippen LogP contribution in [-0.4, -0.2) is 41.2 Å². The molecule has 0 fully saturated rings. The summed E-state index contributed by atoms with van der Waals surface area (Å²) < 4.78 is 5.85. The number of anilines is 1. The average Bonchev–Trinajstić information content (AvgIpc) is 3.35. The Labute approximate surface area is 182 Å². The van der Waals surface area contributed by atoms with E-state index in [1.165, 1.54) is 10.9 Å². The van der Waals surface area contributed by atoms with Crippen molar-refractivity contribution in [3.05, 3.63) is 45.7 Å². The molecule has 11 heteroatoms. The minimum Gasteiger partial charge on any atom is -0.346 e. The molecule has 3 aromatic heterocycles. The van der Waals surface area contributed by atoms with E-state index in [4.69, 9.17) is 0 Å². The molecule has 0 aromatic carbocycles. The van der Waals surface area contributed by atoms with Crippen LogP contribution in [-0.2, 0) is 32.0 Å². The van der Waals surface area contributed by atoms with E-state index >= 15 is 0 Å². The number of hydrogen-bond donors (Lipinski definition) is 2. The molecular formula is C19H25BrN8O2. The summed E-state index contributed by atoms with van der Waals surface area (Å²) in [7, 11) is 3.47. The molecule has 0 aliphatic heterocycles. The number of rotatable bonds is 7. The van der Waals surface area contributed by atoms with Gasteiger partial charge in [-0.1, -0.05) is 6.92 Å². The fraction of sp³-hybridized carbons (Fsp3) is 0.421. The van der Waals surface area contributed by atoms with E-state index < -0.39 is 0 Å². The molecule has 1 unspecified atom stereocenters. The number of aryl methyl sites for hydroxylation is 3. The van der Waals surface area contributed by atoms with E-state index in [1.807, 2.05) is 34.0 Å². The number of hydrogen-bond acceptors (Lipinski definition) is 5. The zero-order chi connectivity index (χ0) is 22.0. The van der Waals surface area contributed by atoms with Crippen LogP contribution in [0.4, 0.5) is 5.69 Å². The first kappa shape index (κ1) is 21.8. The van der Waals surface area contributed by atoms with Gasteiger partial charge in [0.1, 0.15) is 5.69 Å². The van der Waals surface area contributed by atoms with Crippen molar-refractivity contribution in [1.29, 1.82) is 0 Å². The van der Waals surface area contributed by atoms with Gasteiger partial charge in [-0.25, -0.2) is 0 Å². The third-order valence-electron chi connectivity index (χ3n) is 4.81. The molecule has 0 radical (unpaired) electrons. The minimum absolute atomic E-state index is 0.215. The van der Waals surface area contributed by atoms with Crippen molar-refractivity contribution in [3.63, 3.8) is 0 Å². The topological polar surface area (TPSA) is 112 Å². The van der Waals surface area contributed by atoms with Gasteiger partial charge >= 0.3 is 0 Å². The summed E-state index contributed by atoms with van der Waals surface area (Å²) in [5, 5.41) is 18.3. The Morgan fingerprint density at radius 2 is 1.93 bits per heavy atom. The van der Waals surface area contributed by atoms with Crippen molar-refractivity contribution in [2.45, 2.75) is 33.9 Å². The summed E-state index contributed by atoms with van der Waals surface area (Å²) in [6, 6.07) is 0. The molecule has 160 valence electrons. The van der Waals surface area contributed by atoms with E-state index in [2.05, 4.69) is 41.9 Å². The minimum atomic E-state index is -0.360. The third-order valence-corrected chi connectivity index (χ3v) is 5.96. The zero-order valence-electron chi connectivity index (χ0n) is 17.6. The predicted octanol–water partition coefficient (Wildman–Crippen LogP) is 1.93. The molecule has 0 aliphatic carbocycles. The number of aromatic nitrogens is 6. The van der Waals surface area contributed by atoms with Gasteiger partial charge in [0.2, 0.25) is 5.91 Å².